The van der Waals surface area contributed by atoms with Crippen molar-refractivity contribution in [2.24, 2.45) is 0 Å². The number of benzene rings is 1. The number of carbonyl (C=O) groups excluding carboxylic acids is 1. The van der Waals surface area contributed by atoms with E-state index in [1.165, 1.54) is 0 Å². The van der Waals surface area contributed by atoms with Crippen molar-refractivity contribution in [3.63, 3.8) is 0 Å². The predicted octanol–water partition coefficient (Wildman–Crippen LogP) is 5.11. The molecule has 0 atom stereocenters. The number of hydrogen-bond donors (Lipinski definition) is 1. The lowest BCUT2D eigenvalue weighted by Gasteiger charge is -2.19. The van der Waals surface area contributed by atoms with Gasteiger partial charge >= 0.3 is 6.09 Å². The number of aromatic nitrogens is 2. The zero-order chi connectivity index (χ0) is 19.6. The van der Waals surface area contributed by atoms with Crippen LogP contribution in [0.1, 0.15) is 26.5 Å². The van der Waals surface area contributed by atoms with Gasteiger partial charge in [0.05, 0.1) is 17.9 Å². The first-order valence-corrected chi connectivity index (χ1v) is 8.78. The second kappa shape index (κ2) is 7.48. The highest BCUT2D eigenvalue weighted by atomic mass is 35.5. The Hall–Kier alpha value is -2.73. The third kappa shape index (κ3) is 4.71. The molecule has 0 aliphatic heterocycles. The molecule has 2 heterocycles. The first-order chi connectivity index (χ1) is 12.7. The second-order valence-electron chi connectivity index (χ2n) is 7.02. The van der Waals surface area contributed by atoms with Crippen LogP contribution < -0.4 is 5.32 Å². The summed E-state index contributed by atoms with van der Waals surface area (Å²) < 4.78 is 20.3. The van der Waals surface area contributed by atoms with Crippen LogP contribution in [-0.4, -0.2) is 21.7 Å². The molecule has 0 saturated heterocycles. The first kappa shape index (κ1) is 19.0. The number of hydrogen-bond acceptors (Lipinski definition) is 4. The monoisotopic (exact) mass is 387 g/mol. The third-order valence-electron chi connectivity index (χ3n) is 3.70. The number of rotatable bonds is 3. The fourth-order valence-electron chi connectivity index (χ4n) is 2.55. The average molecular weight is 388 g/mol. The molecule has 1 N–H and O–H groups in total. The number of halogens is 2. The molecule has 0 aliphatic carbocycles. The fourth-order valence-corrected chi connectivity index (χ4v) is 2.72. The van der Waals surface area contributed by atoms with Crippen LogP contribution in [0.3, 0.4) is 0 Å². The fraction of sp³-hybridized carbons (Fsp3) is 0.250. The molecule has 27 heavy (non-hydrogen) atoms. The summed E-state index contributed by atoms with van der Waals surface area (Å²) in [6.45, 7) is 5.47. The Balaban J connectivity index is 1.88. The number of nitrogens with one attached hydrogen (secondary N) is 1. The average Bonchev–Trinajstić information content (AvgIpc) is 2.59. The van der Waals surface area contributed by atoms with Gasteiger partial charge in [0, 0.05) is 22.5 Å². The Labute approximate surface area is 161 Å². The molecule has 0 spiro atoms. The van der Waals surface area contributed by atoms with Crippen LogP contribution >= 0.6 is 11.6 Å². The molecule has 140 valence electrons. The van der Waals surface area contributed by atoms with Crippen molar-refractivity contribution < 1.29 is 13.9 Å². The summed E-state index contributed by atoms with van der Waals surface area (Å²) in [4.78, 5) is 20.2. The topological polar surface area (TPSA) is 64.1 Å². The maximum Gasteiger partial charge on any atom is 0.407 e. The zero-order valence-corrected chi connectivity index (χ0v) is 16.0. The van der Waals surface area contributed by atoms with Gasteiger partial charge in [0.25, 0.3) is 0 Å². The maximum atomic E-state index is 15.1. The molecule has 0 fully saturated rings. The van der Waals surface area contributed by atoms with E-state index in [0.29, 0.717) is 32.9 Å². The molecular formula is C20H19ClFN3O2. The lowest BCUT2D eigenvalue weighted by atomic mass is 10.0. The van der Waals surface area contributed by atoms with Crippen molar-refractivity contribution in [1.29, 1.82) is 0 Å². The Bertz CT molecular complexity index is 1000. The van der Waals surface area contributed by atoms with Gasteiger partial charge in [-0.25, -0.2) is 14.2 Å². The first-order valence-electron chi connectivity index (χ1n) is 8.40. The van der Waals surface area contributed by atoms with Gasteiger partial charge in [-0.3, -0.25) is 4.98 Å². The predicted molar refractivity (Wildman–Crippen MR) is 103 cm³/mol. The van der Waals surface area contributed by atoms with Crippen LogP contribution in [0.25, 0.3) is 22.0 Å². The van der Waals surface area contributed by atoms with E-state index >= 15 is 4.39 Å². The van der Waals surface area contributed by atoms with Gasteiger partial charge in [-0.1, -0.05) is 23.7 Å². The van der Waals surface area contributed by atoms with Crippen LogP contribution in [0.15, 0.2) is 42.6 Å². The quantitative estimate of drug-likeness (QED) is 0.634. The largest absolute Gasteiger partial charge is 0.444 e. The highest BCUT2D eigenvalue weighted by molar-refractivity contribution is 6.29. The second-order valence-corrected chi connectivity index (χ2v) is 7.41. The SMILES string of the molecule is CC(C)(C)OC(=O)NCc1cc2c(F)c(-c3cccc(Cl)n3)ccc2cn1. The molecule has 3 rings (SSSR count). The van der Waals surface area contributed by atoms with Crippen LogP contribution in [0.2, 0.25) is 5.15 Å². The number of alkyl carbamates (subject to hydrolysis) is 1. The Morgan fingerprint density at radius 2 is 2.04 bits per heavy atom. The lowest BCUT2D eigenvalue weighted by Crippen LogP contribution is -2.32. The molecule has 1 amide bonds. The standard InChI is InChI=1S/C20H19ClFN3O2/c1-20(2,3)27-19(26)24-11-13-9-15-12(10-23-13)7-8-14(18(15)22)16-5-4-6-17(21)25-16/h4-10H,11H2,1-3H3,(H,24,26). The molecule has 0 bridgehead atoms. The zero-order valence-electron chi connectivity index (χ0n) is 15.2. The summed E-state index contributed by atoms with van der Waals surface area (Å²) in [5.74, 6) is -0.414. The highest BCUT2D eigenvalue weighted by Crippen LogP contribution is 2.28. The Morgan fingerprint density at radius 3 is 2.74 bits per heavy atom. The number of fused-ring (bicyclic) bond motifs is 1. The van der Waals surface area contributed by atoms with Crippen LogP contribution in [0, 0.1) is 5.82 Å². The Morgan fingerprint density at radius 1 is 1.26 bits per heavy atom. The summed E-state index contributed by atoms with van der Waals surface area (Å²) >= 11 is 5.91. The van der Waals surface area contributed by atoms with Crippen molar-refractivity contribution in [3.8, 4) is 11.3 Å². The summed E-state index contributed by atoms with van der Waals surface area (Å²) in [5, 5.41) is 3.96. The van der Waals surface area contributed by atoms with E-state index in [0.717, 1.165) is 0 Å². The molecule has 0 aliphatic rings. The van der Waals surface area contributed by atoms with Gasteiger partial charge in [-0.2, -0.15) is 0 Å². The van der Waals surface area contributed by atoms with Gasteiger partial charge < -0.3 is 10.1 Å². The van der Waals surface area contributed by atoms with Crippen LogP contribution in [-0.2, 0) is 11.3 Å². The van der Waals surface area contributed by atoms with E-state index in [2.05, 4.69) is 15.3 Å². The molecule has 7 heteroatoms. The van der Waals surface area contributed by atoms with E-state index in [4.69, 9.17) is 16.3 Å². The van der Waals surface area contributed by atoms with E-state index in [-0.39, 0.29) is 6.54 Å². The summed E-state index contributed by atoms with van der Waals surface area (Å²) in [7, 11) is 0. The van der Waals surface area contributed by atoms with E-state index in [9.17, 15) is 4.79 Å². The maximum absolute atomic E-state index is 15.1. The molecule has 0 saturated carbocycles. The lowest BCUT2D eigenvalue weighted by molar-refractivity contribution is 0.0523. The number of pyridine rings is 2. The van der Waals surface area contributed by atoms with Crippen molar-refractivity contribution in [2.45, 2.75) is 32.9 Å². The molecule has 0 unspecified atom stereocenters. The highest BCUT2D eigenvalue weighted by Gasteiger charge is 2.16. The molecule has 5 nitrogen and oxygen atoms in total. The summed E-state index contributed by atoms with van der Waals surface area (Å²) in [5.41, 5.74) is 0.726. The summed E-state index contributed by atoms with van der Waals surface area (Å²) in [6, 6.07) is 10.1. The third-order valence-corrected chi connectivity index (χ3v) is 3.91. The number of amides is 1. The molecule has 3 aromatic rings. The van der Waals surface area contributed by atoms with E-state index < -0.39 is 17.5 Å². The van der Waals surface area contributed by atoms with Gasteiger partial charge in [0.15, 0.2) is 0 Å². The Kier molecular flexibility index (Phi) is 5.28. The minimum absolute atomic E-state index is 0.129. The number of nitrogens with zero attached hydrogens (tertiary/aromatic N) is 2. The molecular weight excluding hydrogens is 369 g/mol. The van der Waals surface area contributed by atoms with Crippen molar-refractivity contribution >= 4 is 28.5 Å². The van der Waals surface area contributed by atoms with Crippen molar-refractivity contribution in [3.05, 3.63) is 59.3 Å². The summed E-state index contributed by atoms with van der Waals surface area (Å²) in [6.07, 6.45) is 1.02. The molecule has 2 aromatic heterocycles. The van der Waals surface area contributed by atoms with E-state index in [1.54, 1.807) is 63.4 Å². The minimum Gasteiger partial charge on any atom is -0.444 e. The van der Waals surface area contributed by atoms with Crippen molar-refractivity contribution in [2.75, 3.05) is 0 Å². The minimum atomic E-state index is -0.591. The normalized spacial score (nSPS) is 11.4. The molecule has 1 aromatic carbocycles. The van der Waals surface area contributed by atoms with Gasteiger partial charge in [-0.05, 0) is 45.0 Å². The van der Waals surface area contributed by atoms with Crippen LogP contribution in [0.5, 0.6) is 0 Å². The molecule has 0 radical (unpaired) electrons. The van der Waals surface area contributed by atoms with Gasteiger partial charge in [-0.15, -0.1) is 0 Å². The van der Waals surface area contributed by atoms with E-state index in [1.807, 2.05) is 0 Å². The van der Waals surface area contributed by atoms with Crippen LogP contribution in [0.4, 0.5) is 9.18 Å². The number of ether oxygens (including phenoxy) is 1. The van der Waals surface area contributed by atoms with Gasteiger partial charge in [0.1, 0.15) is 16.6 Å². The number of carbonyl (C=O) groups is 1. The van der Waals surface area contributed by atoms with Crippen molar-refractivity contribution in [1.82, 2.24) is 15.3 Å². The van der Waals surface area contributed by atoms with Gasteiger partial charge in [0.2, 0.25) is 0 Å². The smallest absolute Gasteiger partial charge is 0.407 e.